The molecule has 5 atom stereocenters. The first kappa shape index (κ1) is 37.8. The van der Waals surface area contributed by atoms with Crippen molar-refractivity contribution < 1.29 is 28.7 Å². The Hall–Kier alpha value is -4.61. The molecule has 1 saturated heterocycles. The number of hydrogen-bond donors (Lipinski definition) is 7. The minimum absolute atomic E-state index is 0.0655. The molecule has 0 radical (unpaired) electrons. The summed E-state index contributed by atoms with van der Waals surface area (Å²) in [6.45, 7) is 1.48. The van der Waals surface area contributed by atoms with Gasteiger partial charge in [-0.3, -0.25) is 19.2 Å². The number of nitrogens with one attached hydrogen (secondary N) is 4. The summed E-state index contributed by atoms with van der Waals surface area (Å²) < 4.78 is 5.17. The highest BCUT2D eigenvalue weighted by atomic mass is 16.6. The van der Waals surface area contributed by atoms with Crippen molar-refractivity contribution in [2.45, 2.75) is 75.2 Å². The van der Waals surface area contributed by atoms with Gasteiger partial charge in [0, 0.05) is 18.9 Å². The zero-order valence-electron chi connectivity index (χ0n) is 27.1. The van der Waals surface area contributed by atoms with E-state index in [2.05, 4.69) is 27.2 Å². The maximum absolute atomic E-state index is 13.7. The molecule has 1 aliphatic heterocycles. The predicted octanol–water partition coefficient (Wildman–Crippen LogP) is -0.588. The number of esters is 2. The molecule has 48 heavy (non-hydrogen) atoms. The van der Waals surface area contributed by atoms with Crippen LogP contribution in [0, 0.1) is 18.3 Å². The number of terminal acetylenes is 1. The SMILES string of the molecule is C#CC[C@@H](NC(=O)[C@@H](Cc1ccccc1)NC(=O)[C@H](N)Cc1ccccc1)C(=O)N[C@H](CC(N)CCN)C(=O)OC(=O)C1CCNCC1. The van der Waals surface area contributed by atoms with Crippen molar-refractivity contribution >= 4 is 29.7 Å². The van der Waals surface area contributed by atoms with E-state index >= 15 is 0 Å². The second-order valence-corrected chi connectivity index (χ2v) is 11.9. The Kier molecular flexibility index (Phi) is 15.7. The molecule has 13 heteroatoms. The van der Waals surface area contributed by atoms with Crippen molar-refractivity contribution in [3.8, 4) is 12.3 Å². The van der Waals surface area contributed by atoms with Crippen molar-refractivity contribution in [2.24, 2.45) is 23.1 Å². The lowest BCUT2D eigenvalue weighted by Gasteiger charge is -2.26. The molecule has 1 aliphatic rings. The number of rotatable bonds is 17. The highest BCUT2D eigenvalue weighted by Gasteiger charge is 2.33. The molecule has 10 N–H and O–H groups in total. The van der Waals surface area contributed by atoms with E-state index < -0.39 is 65.8 Å². The van der Waals surface area contributed by atoms with Crippen LogP contribution < -0.4 is 38.5 Å². The molecule has 0 aliphatic carbocycles. The normalized spacial score (nSPS) is 16.2. The standard InChI is InChI=1S/C35H47N7O6/c1-2-9-28(32(44)42-30(22-26(37)14-17-36)35(47)48-34(46)25-15-18-39-19-16-25)40-33(45)29(21-24-12-7-4-8-13-24)41-31(43)27(38)20-23-10-5-3-6-11-23/h1,3-8,10-13,25-30,39H,9,14-22,36-38H2,(H,40,45)(H,41,43)(H,42,44)/t26?,27-,28-,29-,30-/m1/s1. The van der Waals surface area contributed by atoms with E-state index in [9.17, 15) is 24.0 Å². The van der Waals surface area contributed by atoms with Crippen LogP contribution in [0.4, 0.5) is 0 Å². The van der Waals surface area contributed by atoms with Gasteiger partial charge in [0.05, 0.1) is 12.0 Å². The maximum atomic E-state index is 13.7. The topological polar surface area (TPSA) is 221 Å². The summed E-state index contributed by atoms with van der Waals surface area (Å²) in [7, 11) is 0. The van der Waals surface area contributed by atoms with Crippen molar-refractivity contribution in [1.29, 1.82) is 0 Å². The first-order valence-corrected chi connectivity index (χ1v) is 16.2. The van der Waals surface area contributed by atoms with Crippen LogP contribution in [0.1, 0.15) is 43.2 Å². The van der Waals surface area contributed by atoms with Gasteiger partial charge in [-0.2, -0.15) is 0 Å². The molecule has 258 valence electrons. The second kappa shape index (κ2) is 19.9. The number of benzene rings is 2. The van der Waals surface area contributed by atoms with Gasteiger partial charge in [0.2, 0.25) is 17.7 Å². The molecule has 1 fully saturated rings. The van der Waals surface area contributed by atoms with Gasteiger partial charge in [0.25, 0.3) is 0 Å². The van der Waals surface area contributed by atoms with Crippen molar-refractivity contribution in [3.63, 3.8) is 0 Å². The summed E-state index contributed by atoms with van der Waals surface area (Å²) in [4.78, 5) is 66.2. The highest BCUT2D eigenvalue weighted by Crippen LogP contribution is 2.15. The Morgan fingerprint density at radius 3 is 1.94 bits per heavy atom. The Bertz CT molecular complexity index is 1400. The molecule has 0 bridgehead atoms. The molecular formula is C35H47N7O6. The lowest BCUT2D eigenvalue weighted by atomic mass is 9.98. The summed E-state index contributed by atoms with van der Waals surface area (Å²) in [6.07, 6.45) is 6.98. The number of hydrogen-bond acceptors (Lipinski definition) is 10. The average molecular weight is 662 g/mol. The van der Waals surface area contributed by atoms with Gasteiger partial charge < -0.3 is 43.2 Å². The fraction of sp³-hybridized carbons (Fsp3) is 0.457. The summed E-state index contributed by atoms with van der Waals surface area (Å²) in [6, 6.07) is 13.0. The smallest absolute Gasteiger partial charge is 0.336 e. The molecule has 3 rings (SSSR count). The molecule has 2 aromatic rings. The third kappa shape index (κ3) is 12.5. The van der Waals surface area contributed by atoms with Crippen molar-refractivity contribution in [3.05, 3.63) is 71.8 Å². The van der Waals surface area contributed by atoms with Crippen LogP contribution in [0.15, 0.2) is 60.7 Å². The summed E-state index contributed by atoms with van der Waals surface area (Å²) in [5, 5.41) is 11.0. The van der Waals surface area contributed by atoms with Gasteiger partial charge in [-0.1, -0.05) is 60.7 Å². The molecule has 2 aromatic carbocycles. The zero-order chi connectivity index (χ0) is 34.9. The number of carbonyl (C=O) groups excluding carboxylic acids is 5. The molecule has 0 aromatic heterocycles. The summed E-state index contributed by atoms with van der Waals surface area (Å²) >= 11 is 0. The third-order valence-electron chi connectivity index (χ3n) is 8.06. The van der Waals surface area contributed by atoms with Crippen LogP contribution in [0.2, 0.25) is 0 Å². The minimum atomic E-state index is -1.31. The van der Waals surface area contributed by atoms with E-state index in [1.54, 1.807) is 24.3 Å². The van der Waals surface area contributed by atoms with Gasteiger partial charge in [-0.15, -0.1) is 12.3 Å². The second-order valence-electron chi connectivity index (χ2n) is 11.9. The van der Waals surface area contributed by atoms with Gasteiger partial charge in [0.1, 0.15) is 18.1 Å². The van der Waals surface area contributed by atoms with E-state index in [-0.39, 0.29) is 32.2 Å². The number of carbonyl (C=O) groups is 5. The van der Waals surface area contributed by atoms with E-state index in [4.69, 9.17) is 28.4 Å². The minimum Gasteiger partial charge on any atom is -0.391 e. The number of amides is 3. The number of nitrogens with two attached hydrogens (primary N) is 3. The van der Waals surface area contributed by atoms with E-state index in [0.29, 0.717) is 32.4 Å². The lowest BCUT2D eigenvalue weighted by molar-refractivity contribution is -0.165. The lowest BCUT2D eigenvalue weighted by Crippen LogP contribution is -2.58. The molecule has 1 heterocycles. The van der Waals surface area contributed by atoms with Crippen LogP contribution in [-0.4, -0.2) is 79.5 Å². The quantitative estimate of drug-likeness (QED) is 0.0649. The Morgan fingerprint density at radius 1 is 0.812 bits per heavy atom. The number of piperidine rings is 1. The van der Waals surface area contributed by atoms with E-state index in [0.717, 1.165) is 11.1 Å². The number of ether oxygens (including phenoxy) is 1. The Labute approximate surface area is 281 Å². The predicted molar refractivity (Wildman–Crippen MR) is 180 cm³/mol. The van der Waals surface area contributed by atoms with Crippen molar-refractivity contribution in [1.82, 2.24) is 21.3 Å². The van der Waals surface area contributed by atoms with Crippen LogP contribution in [0.5, 0.6) is 0 Å². The first-order chi connectivity index (χ1) is 23.1. The van der Waals surface area contributed by atoms with E-state index in [1.165, 1.54) is 0 Å². The molecule has 0 spiro atoms. The molecule has 1 unspecified atom stereocenters. The van der Waals surface area contributed by atoms with Crippen LogP contribution in [0.25, 0.3) is 0 Å². The Morgan fingerprint density at radius 2 is 1.35 bits per heavy atom. The van der Waals surface area contributed by atoms with Gasteiger partial charge >= 0.3 is 11.9 Å². The molecule has 0 saturated carbocycles. The van der Waals surface area contributed by atoms with Gasteiger partial charge in [0.15, 0.2) is 0 Å². The summed E-state index contributed by atoms with van der Waals surface area (Å²) in [5.41, 5.74) is 19.6. The first-order valence-electron chi connectivity index (χ1n) is 16.2. The maximum Gasteiger partial charge on any atom is 0.336 e. The van der Waals surface area contributed by atoms with Gasteiger partial charge in [-0.05, 0) is 62.9 Å². The molecular weight excluding hydrogens is 614 g/mol. The van der Waals surface area contributed by atoms with Crippen molar-refractivity contribution in [2.75, 3.05) is 19.6 Å². The van der Waals surface area contributed by atoms with Gasteiger partial charge in [-0.25, -0.2) is 4.79 Å². The zero-order valence-corrected chi connectivity index (χ0v) is 27.1. The average Bonchev–Trinajstić information content (AvgIpc) is 3.08. The highest BCUT2D eigenvalue weighted by molar-refractivity contribution is 5.96. The largest absolute Gasteiger partial charge is 0.391 e. The van der Waals surface area contributed by atoms with Crippen LogP contribution in [-0.2, 0) is 41.6 Å². The fourth-order valence-electron chi connectivity index (χ4n) is 5.33. The molecule has 3 amide bonds. The fourth-order valence-corrected chi connectivity index (χ4v) is 5.33. The molecule has 13 nitrogen and oxygen atoms in total. The Balaban J connectivity index is 1.74. The monoisotopic (exact) mass is 661 g/mol. The van der Waals surface area contributed by atoms with E-state index in [1.807, 2.05) is 36.4 Å². The van der Waals surface area contributed by atoms with Crippen LogP contribution in [0.3, 0.4) is 0 Å². The summed E-state index contributed by atoms with van der Waals surface area (Å²) in [5.74, 6) is -1.75. The third-order valence-corrected chi connectivity index (χ3v) is 8.06. The van der Waals surface area contributed by atoms with Crippen LogP contribution >= 0.6 is 0 Å².